The number of hydrogen-bond acceptors (Lipinski definition) is 4. The van der Waals surface area contributed by atoms with Crippen molar-refractivity contribution in [2.45, 2.75) is 6.54 Å². The highest BCUT2D eigenvalue weighted by molar-refractivity contribution is 9.10. The molecule has 0 aliphatic heterocycles. The molecule has 0 unspecified atom stereocenters. The predicted octanol–water partition coefficient (Wildman–Crippen LogP) is 2.38. The minimum Gasteiger partial charge on any atom is -0.478 e. The molecule has 128 valence electrons. The molecule has 0 aliphatic rings. The van der Waals surface area contributed by atoms with Gasteiger partial charge in [-0.15, -0.1) is 0 Å². The second kappa shape index (κ2) is 6.89. The maximum atomic E-state index is 12.3. The monoisotopic (exact) mass is 403 g/mol. The Morgan fingerprint density at radius 1 is 1.24 bits per heavy atom. The van der Waals surface area contributed by atoms with Gasteiger partial charge in [0.15, 0.2) is 5.69 Å². The van der Waals surface area contributed by atoms with Crippen LogP contribution in [0.15, 0.2) is 47.3 Å². The van der Waals surface area contributed by atoms with Crippen LogP contribution in [-0.2, 0) is 13.6 Å². The van der Waals surface area contributed by atoms with Crippen LogP contribution in [0.25, 0.3) is 0 Å². The van der Waals surface area contributed by atoms with Gasteiger partial charge in [-0.2, -0.15) is 10.2 Å². The zero-order valence-electron chi connectivity index (χ0n) is 13.2. The lowest BCUT2D eigenvalue weighted by atomic mass is 10.2. The van der Waals surface area contributed by atoms with Gasteiger partial charge in [-0.25, -0.2) is 4.79 Å². The van der Waals surface area contributed by atoms with Crippen LogP contribution in [0.4, 0.5) is 5.69 Å². The fourth-order valence-corrected chi connectivity index (χ4v) is 2.56. The summed E-state index contributed by atoms with van der Waals surface area (Å²) in [6.45, 7) is 0.549. The maximum absolute atomic E-state index is 12.3. The van der Waals surface area contributed by atoms with Crippen LogP contribution in [-0.4, -0.2) is 36.5 Å². The van der Waals surface area contributed by atoms with E-state index >= 15 is 0 Å². The molecular weight excluding hydrogens is 390 g/mol. The van der Waals surface area contributed by atoms with E-state index in [1.807, 2.05) is 24.3 Å². The van der Waals surface area contributed by atoms with Gasteiger partial charge >= 0.3 is 5.97 Å². The first-order valence-electron chi connectivity index (χ1n) is 7.27. The lowest BCUT2D eigenvalue weighted by molar-refractivity contribution is 0.0692. The van der Waals surface area contributed by atoms with E-state index in [0.29, 0.717) is 12.2 Å². The fourth-order valence-electron chi connectivity index (χ4n) is 2.29. The number of carbonyl (C=O) groups excluding carboxylic acids is 1. The molecule has 0 spiro atoms. The Kier molecular flexibility index (Phi) is 4.66. The summed E-state index contributed by atoms with van der Waals surface area (Å²) < 4.78 is 3.96. The van der Waals surface area contributed by atoms with E-state index in [4.69, 9.17) is 5.11 Å². The molecule has 2 aromatic heterocycles. The third kappa shape index (κ3) is 3.94. The number of carboxylic acids is 1. The van der Waals surface area contributed by atoms with Gasteiger partial charge in [-0.1, -0.05) is 28.1 Å². The summed E-state index contributed by atoms with van der Waals surface area (Å²) in [6, 6.07) is 7.82. The van der Waals surface area contributed by atoms with Crippen LogP contribution >= 0.6 is 15.9 Å². The van der Waals surface area contributed by atoms with Crippen molar-refractivity contribution in [3.63, 3.8) is 0 Å². The standard InChI is InChI=1S/C16H14BrN5O3/c1-21-9-13(16(24)25)14(20-21)15(23)19-12-6-18-22(8-12)7-10-2-4-11(17)5-3-10/h2-6,8-9H,7H2,1H3,(H,19,23)(H,24,25). The first-order valence-corrected chi connectivity index (χ1v) is 8.07. The SMILES string of the molecule is Cn1cc(C(=O)O)c(C(=O)Nc2cnn(Cc3ccc(Br)cc3)c2)n1. The third-order valence-corrected chi connectivity index (χ3v) is 3.95. The van der Waals surface area contributed by atoms with Gasteiger partial charge in [0.25, 0.3) is 5.91 Å². The van der Waals surface area contributed by atoms with Crippen molar-refractivity contribution < 1.29 is 14.7 Å². The fraction of sp³-hybridized carbons (Fsp3) is 0.125. The summed E-state index contributed by atoms with van der Waals surface area (Å²) in [5, 5.41) is 19.8. The number of benzene rings is 1. The van der Waals surface area contributed by atoms with Gasteiger partial charge in [0, 0.05) is 23.9 Å². The first kappa shape index (κ1) is 16.9. The van der Waals surface area contributed by atoms with Crippen molar-refractivity contribution in [3.05, 3.63) is 64.1 Å². The van der Waals surface area contributed by atoms with E-state index in [9.17, 15) is 9.59 Å². The van der Waals surface area contributed by atoms with Crippen molar-refractivity contribution >= 4 is 33.5 Å². The van der Waals surface area contributed by atoms with Crippen LogP contribution < -0.4 is 5.32 Å². The molecule has 0 atom stereocenters. The Labute approximate surface area is 151 Å². The van der Waals surface area contributed by atoms with E-state index in [2.05, 4.69) is 31.4 Å². The molecule has 1 aromatic carbocycles. The minimum absolute atomic E-state index is 0.143. The number of aromatic nitrogens is 4. The predicted molar refractivity (Wildman–Crippen MR) is 93.6 cm³/mol. The molecule has 2 heterocycles. The van der Waals surface area contributed by atoms with Gasteiger partial charge in [-0.3, -0.25) is 14.2 Å². The highest BCUT2D eigenvalue weighted by Gasteiger charge is 2.21. The van der Waals surface area contributed by atoms with E-state index in [1.54, 1.807) is 17.9 Å². The number of halogens is 1. The molecule has 3 aromatic rings. The molecule has 0 radical (unpaired) electrons. The number of hydrogen-bond donors (Lipinski definition) is 2. The number of carboxylic acid groups (broad SMARTS) is 1. The molecule has 1 amide bonds. The zero-order valence-corrected chi connectivity index (χ0v) is 14.8. The Morgan fingerprint density at radius 3 is 2.64 bits per heavy atom. The topological polar surface area (TPSA) is 102 Å². The summed E-state index contributed by atoms with van der Waals surface area (Å²) in [6.07, 6.45) is 4.46. The lowest BCUT2D eigenvalue weighted by Crippen LogP contribution is -2.16. The lowest BCUT2D eigenvalue weighted by Gasteiger charge is -2.02. The number of anilines is 1. The van der Waals surface area contributed by atoms with Gasteiger partial charge in [0.05, 0.1) is 18.4 Å². The molecule has 0 aliphatic carbocycles. The Morgan fingerprint density at radius 2 is 1.96 bits per heavy atom. The third-order valence-electron chi connectivity index (χ3n) is 3.42. The number of aromatic carboxylic acids is 1. The van der Waals surface area contributed by atoms with Gasteiger partial charge in [0.1, 0.15) is 5.56 Å². The Balaban J connectivity index is 1.72. The van der Waals surface area contributed by atoms with Crippen LogP contribution in [0.1, 0.15) is 26.4 Å². The zero-order chi connectivity index (χ0) is 18.0. The highest BCUT2D eigenvalue weighted by atomic mass is 79.9. The van der Waals surface area contributed by atoms with Crippen LogP contribution in [0.3, 0.4) is 0 Å². The number of aryl methyl sites for hydroxylation is 1. The Hall–Kier alpha value is -2.94. The second-order valence-electron chi connectivity index (χ2n) is 5.38. The van der Waals surface area contributed by atoms with Gasteiger partial charge < -0.3 is 10.4 Å². The number of nitrogens with one attached hydrogen (secondary N) is 1. The number of nitrogens with zero attached hydrogens (tertiary/aromatic N) is 4. The smallest absolute Gasteiger partial charge is 0.339 e. The molecule has 25 heavy (non-hydrogen) atoms. The van der Waals surface area contributed by atoms with Crippen LogP contribution in [0.5, 0.6) is 0 Å². The second-order valence-corrected chi connectivity index (χ2v) is 6.29. The Bertz CT molecular complexity index is 930. The van der Waals surface area contributed by atoms with E-state index in [1.165, 1.54) is 17.1 Å². The quantitative estimate of drug-likeness (QED) is 0.680. The van der Waals surface area contributed by atoms with E-state index in [-0.39, 0.29) is 11.3 Å². The normalized spacial score (nSPS) is 10.6. The number of rotatable bonds is 5. The molecule has 0 saturated carbocycles. The van der Waals surface area contributed by atoms with Crippen molar-refractivity contribution in [2.75, 3.05) is 5.32 Å². The maximum Gasteiger partial charge on any atom is 0.339 e. The highest BCUT2D eigenvalue weighted by Crippen LogP contribution is 2.14. The van der Waals surface area contributed by atoms with Crippen LogP contribution in [0, 0.1) is 0 Å². The summed E-state index contributed by atoms with van der Waals surface area (Å²) in [7, 11) is 1.56. The molecule has 0 fully saturated rings. The first-order chi connectivity index (χ1) is 11.9. The summed E-state index contributed by atoms with van der Waals surface area (Å²) >= 11 is 3.38. The summed E-state index contributed by atoms with van der Waals surface area (Å²) in [4.78, 5) is 23.4. The van der Waals surface area contributed by atoms with Crippen molar-refractivity contribution in [3.8, 4) is 0 Å². The number of amides is 1. The molecule has 3 rings (SSSR count). The average Bonchev–Trinajstić information content (AvgIpc) is 3.16. The molecule has 0 saturated heterocycles. The molecule has 9 heteroatoms. The van der Waals surface area contributed by atoms with Crippen molar-refractivity contribution in [1.29, 1.82) is 0 Å². The molecule has 2 N–H and O–H groups in total. The molecule has 0 bridgehead atoms. The molecular formula is C16H14BrN5O3. The van der Waals surface area contributed by atoms with E-state index < -0.39 is 11.9 Å². The largest absolute Gasteiger partial charge is 0.478 e. The average molecular weight is 404 g/mol. The van der Waals surface area contributed by atoms with E-state index in [0.717, 1.165) is 10.0 Å². The summed E-state index contributed by atoms with van der Waals surface area (Å²) in [5.41, 5.74) is 1.23. The van der Waals surface area contributed by atoms with Crippen molar-refractivity contribution in [2.24, 2.45) is 7.05 Å². The minimum atomic E-state index is -1.20. The number of carbonyl (C=O) groups is 2. The van der Waals surface area contributed by atoms with Gasteiger partial charge in [0.2, 0.25) is 0 Å². The molecule has 8 nitrogen and oxygen atoms in total. The summed E-state index contributed by atoms with van der Waals surface area (Å²) in [5.74, 6) is -1.80. The van der Waals surface area contributed by atoms with Crippen molar-refractivity contribution in [1.82, 2.24) is 19.6 Å². The van der Waals surface area contributed by atoms with Gasteiger partial charge in [-0.05, 0) is 17.7 Å². The van der Waals surface area contributed by atoms with Crippen LogP contribution in [0.2, 0.25) is 0 Å².